The van der Waals surface area contributed by atoms with E-state index in [0.29, 0.717) is 24.9 Å². The number of hydrogen-bond donors (Lipinski definition) is 1. The van der Waals surface area contributed by atoms with E-state index in [1.54, 1.807) is 11.8 Å². The highest BCUT2D eigenvalue weighted by atomic mass is 32.2. The second-order valence-corrected chi connectivity index (χ2v) is 6.26. The minimum Gasteiger partial charge on any atom is -0.486 e. The number of nitrogens with two attached hydrogens (primary N) is 1. The first-order valence-electron chi connectivity index (χ1n) is 7.00. The Kier molecular flexibility index (Phi) is 3.11. The maximum atomic E-state index is 5.88. The van der Waals surface area contributed by atoms with Crippen LogP contribution < -0.4 is 15.2 Å². The van der Waals surface area contributed by atoms with E-state index in [-0.39, 0.29) is 0 Å². The van der Waals surface area contributed by atoms with Crippen molar-refractivity contribution in [2.45, 2.75) is 28.7 Å². The number of rotatable bonds is 3. The summed E-state index contributed by atoms with van der Waals surface area (Å²) in [5.41, 5.74) is 5.88. The summed E-state index contributed by atoms with van der Waals surface area (Å²) in [7, 11) is 0. The molecule has 0 atom stereocenters. The van der Waals surface area contributed by atoms with Gasteiger partial charge in [0.05, 0.1) is 0 Å². The molecule has 4 rings (SSSR count). The van der Waals surface area contributed by atoms with Crippen LogP contribution in [0.15, 0.2) is 34.2 Å². The predicted molar refractivity (Wildman–Crippen MR) is 80.0 cm³/mol. The first-order valence-corrected chi connectivity index (χ1v) is 7.81. The van der Waals surface area contributed by atoms with E-state index in [9.17, 15) is 0 Å². The van der Waals surface area contributed by atoms with Gasteiger partial charge < -0.3 is 15.2 Å². The molecular formula is C15H15N3O2S. The lowest BCUT2D eigenvalue weighted by molar-refractivity contribution is 0.171. The molecule has 0 amide bonds. The molecule has 1 aromatic carbocycles. The molecule has 21 heavy (non-hydrogen) atoms. The highest BCUT2D eigenvalue weighted by Gasteiger charge is 2.27. The van der Waals surface area contributed by atoms with Crippen LogP contribution in [0.4, 0.5) is 5.82 Å². The maximum Gasteiger partial charge on any atom is 0.162 e. The van der Waals surface area contributed by atoms with Crippen molar-refractivity contribution in [1.82, 2.24) is 9.97 Å². The lowest BCUT2D eigenvalue weighted by Crippen LogP contribution is -2.15. The number of ether oxygens (including phenoxy) is 2. The summed E-state index contributed by atoms with van der Waals surface area (Å²) in [5, 5.41) is 0.876. The molecule has 108 valence electrons. The Morgan fingerprint density at radius 2 is 1.86 bits per heavy atom. The van der Waals surface area contributed by atoms with Crippen LogP contribution in [0.5, 0.6) is 11.5 Å². The Labute approximate surface area is 126 Å². The van der Waals surface area contributed by atoms with E-state index < -0.39 is 0 Å². The predicted octanol–water partition coefficient (Wildman–Crippen LogP) is 2.86. The van der Waals surface area contributed by atoms with Crippen molar-refractivity contribution < 1.29 is 9.47 Å². The fourth-order valence-corrected chi connectivity index (χ4v) is 3.11. The van der Waals surface area contributed by atoms with Crippen molar-refractivity contribution in [2.24, 2.45) is 0 Å². The van der Waals surface area contributed by atoms with Crippen molar-refractivity contribution in [2.75, 3.05) is 18.9 Å². The van der Waals surface area contributed by atoms with Crippen LogP contribution in [0.25, 0.3) is 0 Å². The normalized spacial score (nSPS) is 16.8. The molecule has 1 saturated carbocycles. The van der Waals surface area contributed by atoms with Gasteiger partial charge in [0.15, 0.2) is 11.5 Å². The van der Waals surface area contributed by atoms with Crippen LogP contribution in [0.1, 0.15) is 24.6 Å². The molecule has 1 fully saturated rings. The molecule has 1 aromatic heterocycles. The zero-order valence-electron chi connectivity index (χ0n) is 11.4. The fraction of sp³-hybridized carbons (Fsp3) is 0.333. The van der Waals surface area contributed by atoms with E-state index in [1.807, 2.05) is 24.3 Å². The summed E-state index contributed by atoms with van der Waals surface area (Å²) in [4.78, 5) is 9.97. The van der Waals surface area contributed by atoms with Crippen molar-refractivity contribution >= 4 is 17.6 Å². The second kappa shape index (κ2) is 5.11. The highest BCUT2D eigenvalue weighted by Crippen LogP contribution is 2.40. The summed E-state index contributed by atoms with van der Waals surface area (Å²) in [6, 6.07) is 7.73. The van der Waals surface area contributed by atoms with Gasteiger partial charge >= 0.3 is 0 Å². The third-order valence-corrected chi connectivity index (χ3v) is 4.33. The Bertz CT molecular complexity index is 689. The van der Waals surface area contributed by atoms with Crippen LogP contribution in [-0.2, 0) is 0 Å². The molecule has 1 aliphatic carbocycles. The van der Waals surface area contributed by atoms with Gasteiger partial charge in [-0.25, -0.2) is 9.97 Å². The summed E-state index contributed by atoms with van der Waals surface area (Å²) in [6.45, 7) is 1.19. The lowest BCUT2D eigenvalue weighted by Gasteiger charge is -2.18. The molecular weight excluding hydrogens is 286 g/mol. The highest BCUT2D eigenvalue weighted by molar-refractivity contribution is 7.99. The number of nitrogen functional groups attached to an aromatic ring is 1. The van der Waals surface area contributed by atoms with E-state index in [1.165, 1.54) is 0 Å². The van der Waals surface area contributed by atoms with Gasteiger partial charge in [0.1, 0.15) is 29.9 Å². The molecule has 1 aliphatic heterocycles. The van der Waals surface area contributed by atoms with E-state index in [2.05, 4.69) is 9.97 Å². The Morgan fingerprint density at radius 1 is 1.05 bits per heavy atom. The summed E-state index contributed by atoms with van der Waals surface area (Å²) in [6.07, 6.45) is 2.33. The SMILES string of the molecule is Nc1cc(Sc2ccc3c(c2)OCCO3)nc(C2CC2)n1. The molecule has 0 bridgehead atoms. The zero-order valence-corrected chi connectivity index (χ0v) is 12.2. The number of aromatic nitrogens is 2. The monoisotopic (exact) mass is 301 g/mol. The standard InChI is InChI=1S/C15H15N3O2S/c16-13-8-14(18-15(17-13)9-1-2-9)21-10-3-4-11-12(7-10)20-6-5-19-11/h3-4,7-9H,1-2,5-6H2,(H2,16,17,18). The van der Waals surface area contributed by atoms with Gasteiger partial charge in [-0.1, -0.05) is 11.8 Å². The molecule has 2 N–H and O–H groups in total. The van der Waals surface area contributed by atoms with E-state index in [0.717, 1.165) is 40.1 Å². The number of benzene rings is 1. The van der Waals surface area contributed by atoms with Crippen LogP contribution >= 0.6 is 11.8 Å². The Hall–Kier alpha value is -1.95. The number of nitrogens with zero attached hydrogens (tertiary/aromatic N) is 2. The average Bonchev–Trinajstić information content (AvgIpc) is 3.31. The first-order chi connectivity index (χ1) is 10.3. The topological polar surface area (TPSA) is 70.3 Å². The molecule has 2 aliphatic rings. The van der Waals surface area contributed by atoms with E-state index in [4.69, 9.17) is 15.2 Å². The Morgan fingerprint density at radius 3 is 2.67 bits per heavy atom. The van der Waals surface area contributed by atoms with Gasteiger partial charge in [-0.05, 0) is 31.0 Å². The molecule has 6 heteroatoms. The third kappa shape index (κ3) is 2.76. The smallest absolute Gasteiger partial charge is 0.162 e. The molecule has 0 unspecified atom stereocenters. The van der Waals surface area contributed by atoms with Gasteiger partial charge in [0.2, 0.25) is 0 Å². The van der Waals surface area contributed by atoms with Gasteiger partial charge in [-0.15, -0.1) is 0 Å². The Balaban J connectivity index is 1.60. The average molecular weight is 301 g/mol. The molecule has 2 aromatic rings. The van der Waals surface area contributed by atoms with Crippen molar-refractivity contribution in [3.05, 3.63) is 30.1 Å². The van der Waals surface area contributed by atoms with E-state index >= 15 is 0 Å². The summed E-state index contributed by atoms with van der Waals surface area (Å²) in [5.74, 6) is 3.48. The number of anilines is 1. The van der Waals surface area contributed by atoms with Gasteiger partial charge in [0.25, 0.3) is 0 Å². The second-order valence-electron chi connectivity index (χ2n) is 5.17. The van der Waals surface area contributed by atoms with Crippen LogP contribution in [0, 0.1) is 0 Å². The minimum atomic E-state index is 0.494. The zero-order chi connectivity index (χ0) is 14.2. The first kappa shape index (κ1) is 12.8. The molecule has 0 saturated heterocycles. The maximum absolute atomic E-state index is 5.88. The third-order valence-electron chi connectivity index (χ3n) is 3.42. The van der Waals surface area contributed by atoms with Gasteiger partial charge in [-0.2, -0.15) is 0 Å². The summed E-state index contributed by atoms with van der Waals surface area (Å²) < 4.78 is 11.1. The molecule has 0 spiro atoms. The number of fused-ring (bicyclic) bond motifs is 1. The van der Waals surface area contributed by atoms with Gasteiger partial charge in [0, 0.05) is 16.9 Å². The van der Waals surface area contributed by atoms with Gasteiger partial charge in [-0.3, -0.25) is 0 Å². The molecule has 0 radical (unpaired) electrons. The minimum absolute atomic E-state index is 0.494. The van der Waals surface area contributed by atoms with Crippen LogP contribution in [0.3, 0.4) is 0 Å². The van der Waals surface area contributed by atoms with Crippen LogP contribution in [-0.4, -0.2) is 23.2 Å². The number of hydrogen-bond acceptors (Lipinski definition) is 6. The molecule has 5 nitrogen and oxygen atoms in total. The van der Waals surface area contributed by atoms with Crippen molar-refractivity contribution in [1.29, 1.82) is 0 Å². The van der Waals surface area contributed by atoms with Crippen molar-refractivity contribution in [3.8, 4) is 11.5 Å². The fourth-order valence-electron chi connectivity index (χ4n) is 2.25. The molecule has 2 heterocycles. The van der Waals surface area contributed by atoms with Crippen LogP contribution in [0.2, 0.25) is 0 Å². The van der Waals surface area contributed by atoms with Crippen molar-refractivity contribution in [3.63, 3.8) is 0 Å². The summed E-state index contributed by atoms with van der Waals surface area (Å²) >= 11 is 1.57. The lowest BCUT2D eigenvalue weighted by atomic mass is 10.3. The largest absolute Gasteiger partial charge is 0.486 e. The quantitative estimate of drug-likeness (QED) is 0.879.